The van der Waals surface area contributed by atoms with Crippen LogP contribution >= 0.6 is 0 Å². The lowest BCUT2D eigenvalue weighted by Crippen LogP contribution is -1.97. The first-order valence-electron chi connectivity index (χ1n) is 3.57. The second-order valence-corrected chi connectivity index (χ2v) is 2.46. The molecule has 13 heavy (non-hydrogen) atoms. The third-order valence-electron chi connectivity index (χ3n) is 1.54. The number of hydrogen-bond acceptors (Lipinski definition) is 3. The van der Waals surface area contributed by atoms with E-state index in [-0.39, 0.29) is 17.9 Å². The molecule has 0 fully saturated rings. The zero-order valence-corrected chi connectivity index (χ0v) is 6.99. The maximum atomic E-state index is 12.7. The first-order valence-corrected chi connectivity index (χ1v) is 3.57. The van der Waals surface area contributed by atoms with E-state index in [2.05, 4.69) is 0 Å². The quantitative estimate of drug-likeness (QED) is 0.533. The van der Waals surface area contributed by atoms with Gasteiger partial charge >= 0.3 is 0 Å². The maximum absolute atomic E-state index is 12.7. The minimum atomic E-state index is -0.562. The summed E-state index contributed by atoms with van der Waals surface area (Å²) in [4.78, 5) is 9.87. The van der Waals surface area contributed by atoms with E-state index in [1.54, 1.807) is 0 Å². The van der Waals surface area contributed by atoms with Crippen molar-refractivity contribution in [2.24, 2.45) is 0 Å². The normalized spacial score (nSPS) is 10.0. The Bertz CT molecular complexity index is 327. The Balaban J connectivity index is 3.10. The number of rotatable bonds is 3. The van der Waals surface area contributed by atoms with E-state index in [1.165, 1.54) is 7.11 Å². The molecule has 0 saturated heterocycles. The van der Waals surface area contributed by atoms with Crippen molar-refractivity contribution < 1.29 is 14.1 Å². The van der Waals surface area contributed by atoms with Crippen LogP contribution in [0.2, 0.25) is 0 Å². The zero-order valence-electron chi connectivity index (χ0n) is 6.99. The number of nitro groups is 1. The van der Waals surface area contributed by atoms with Crippen LogP contribution in [0.5, 0.6) is 0 Å². The zero-order chi connectivity index (χ0) is 9.84. The molecular formula is C8H8FNO3. The molecule has 1 rings (SSSR count). The maximum Gasteiger partial charge on any atom is 0.275 e. The molecule has 0 aliphatic carbocycles. The largest absolute Gasteiger partial charge is 0.380 e. The van der Waals surface area contributed by atoms with E-state index < -0.39 is 10.7 Å². The number of halogens is 1. The van der Waals surface area contributed by atoms with Crippen LogP contribution in [0.3, 0.4) is 0 Å². The Morgan fingerprint density at radius 1 is 1.62 bits per heavy atom. The Morgan fingerprint density at radius 3 is 2.85 bits per heavy atom. The lowest BCUT2D eigenvalue weighted by atomic mass is 10.2. The van der Waals surface area contributed by atoms with Gasteiger partial charge in [-0.2, -0.15) is 0 Å². The summed E-state index contributed by atoms with van der Waals surface area (Å²) in [5.74, 6) is -0.502. The summed E-state index contributed by atoms with van der Waals surface area (Å²) in [5.41, 5.74) is 0.121. The van der Waals surface area contributed by atoms with Crippen LogP contribution in [0, 0.1) is 15.9 Å². The van der Waals surface area contributed by atoms with Crippen molar-refractivity contribution in [1.82, 2.24) is 0 Å². The lowest BCUT2D eigenvalue weighted by Gasteiger charge is -2.00. The summed E-state index contributed by atoms with van der Waals surface area (Å²) in [6.07, 6.45) is 0. The van der Waals surface area contributed by atoms with Crippen molar-refractivity contribution in [3.8, 4) is 0 Å². The monoisotopic (exact) mass is 185 g/mol. The van der Waals surface area contributed by atoms with Crippen molar-refractivity contribution >= 4 is 5.69 Å². The van der Waals surface area contributed by atoms with Crippen LogP contribution in [0.25, 0.3) is 0 Å². The van der Waals surface area contributed by atoms with Crippen LogP contribution in [-0.4, -0.2) is 12.0 Å². The molecule has 0 aliphatic rings. The fraction of sp³-hybridized carbons (Fsp3) is 0.250. The van der Waals surface area contributed by atoms with Crippen molar-refractivity contribution in [1.29, 1.82) is 0 Å². The highest BCUT2D eigenvalue weighted by molar-refractivity contribution is 5.39. The molecule has 0 amide bonds. The predicted molar refractivity (Wildman–Crippen MR) is 43.8 cm³/mol. The molecule has 0 unspecified atom stereocenters. The summed E-state index contributed by atoms with van der Waals surface area (Å²) in [6, 6.07) is 3.28. The first kappa shape index (κ1) is 9.60. The lowest BCUT2D eigenvalue weighted by molar-refractivity contribution is -0.386. The number of benzene rings is 1. The Kier molecular flexibility index (Phi) is 2.92. The number of nitro benzene ring substituents is 1. The average molecular weight is 185 g/mol. The number of hydrogen-bond donors (Lipinski definition) is 0. The first-order chi connectivity index (χ1) is 6.15. The summed E-state index contributed by atoms with van der Waals surface area (Å²) in [6.45, 7) is 0.0358. The summed E-state index contributed by atoms with van der Waals surface area (Å²) in [5, 5.41) is 10.4. The van der Waals surface area contributed by atoms with E-state index in [9.17, 15) is 14.5 Å². The van der Waals surface area contributed by atoms with Crippen LogP contribution in [-0.2, 0) is 11.3 Å². The SMILES string of the molecule is COCc1cc(F)ccc1[N+](=O)[O-]. The summed E-state index contributed by atoms with van der Waals surface area (Å²) >= 11 is 0. The minimum absolute atomic E-state index is 0.0358. The molecule has 0 saturated carbocycles. The standard InChI is InChI=1S/C8H8FNO3/c1-13-5-6-4-7(9)2-3-8(6)10(11)12/h2-4H,5H2,1H3. The summed E-state index contributed by atoms with van der Waals surface area (Å²) in [7, 11) is 1.40. The van der Waals surface area contributed by atoms with Crippen LogP contribution < -0.4 is 0 Å². The highest BCUT2D eigenvalue weighted by Gasteiger charge is 2.13. The van der Waals surface area contributed by atoms with Gasteiger partial charge in [0.25, 0.3) is 5.69 Å². The molecule has 4 nitrogen and oxygen atoms in total. The summed E-state index contributed by atoms with van der Waals surface area (Å²) < 4.78 is 17.4. The Hall–Kier alpha value is -1.49. The second-order valence-electron chi connectivity index (χ2n) is 2.46. The van der Waals surface area contributed by atoms with E-state index in [0.29, 0.717) is 0 Å². The molecule has 0 bridgehead atoms. The highest BCUT2D eigenvalue weighted by atomic mass is 19.1. The van der Waals surface area contributed by atoms with Crippen LogP contribution in [0.1, 0.15) is 5.56 Å². The average Bonchev–Trinajstić information content (AvgIpc) is 2.04. The van der Waals surface area contributed by atoms with Gasteiger partial charge in [-0.1, -0.05) is 0 Å². The van der Waals surface area contributed by atoms with Crippen molar-refractivity contribution in [2.75, 3.05) is 7.11 Å². The third kappa shape index (κ3) is 2.22. The molecule has 0 spiro atoms. The fourth-order valence-corrected chi connectivity index (χ4v) is 1.00. The van der Waals surface area contributed by atoms with Crippen LogP contribution in [0.4, 0.5) is 10.1 Å². The molecule has 0 aliphatic heterocycles. The van der Waals surface area contributed by atoms with Crippen molar-refractivity contribution in [3.63, 3.8) is 0 Å². The third-order valence-corrected chi connectivity index (χ3v) is 1.54. The highest BCUT2D eigenvalue weighted by Crippen LogP contribution is 2.19. The Morgan fingerprint density at radius 2 is 2.31 bits per heavy atom. The predicted octanol–water partition coefficient (Wildman–Crippen LogP) is 1.88. The van der Waals surface area contributed by atoms with Gasteiger partial charge in [0, 0.05) is 13.2 Å². The molecule has 5 heteroatoms. The molecule has 1 aromatic carbocycles. The fourth-order valence-electron chi connectivity index (χ4n) is 1.00. The minimum Gasteiger partial charge on any atom is -0.380 e. The van der Waals surface area contributed by atoms with Gasteiger partial charge in [-0.15, -0.1) is 0 Å². The molecule has 1 aromatic rings. The van der Waals surface area contributed by atoms with Gasteiger partial charge in [0.05, 0.1) is 17.1 Å². The van der Waals surface area contributed by atoms with Gasteiger partial charge in [0.1, 0.15) is 5.82 Å². The second kappa shape index (κ2) is 3.95. The van der Waals surface area contributed by atoms with Gasteiger partial charge in [-0.05, 0) is 12.1 Å². The van der Waals surface area contributed by atoms with E-state index in [1.807, 2.05) is 0 Å². The molecule has 0 atom stereocenters. The molecular weight excluding hydrogens is 177 g/mol. The van der Waals surface area contributed by atoms with Crippen LogP contribution in [0.15, 0.2) is 18.2 Å². The van der Waals surface area contributed by atoms with Gasteiger partial charge in [-0.3, -0.25) is 10.1 Å². The number of ether oxygens (including phenoxy) is 1. The smallest absolute Gasteiger partial charge is 0.275 e. The van der Waals surface area contributed by atoms with Gasteiger partial charge in [0.15, 0.2) is 0 Å². The molecule has 70 valence electrons. The molecule has 0 N–H and O–H groups in total. The number of nitrogens with zero attached hydrogens (tertiary/aromatic N) is 1. The van der Waals surface area contributed by atoms with E-state index >= 15 is 0 Å². The Labute approximate surface area is 74.1 Å². The molecule has 0 radical (unpaired) electrons. The number of methoxy groups -OCH3 is 1. The van der Waals surface area contributed by atoms with Crippen molar-refractivity contribution in [2.45, 2.75) is 6.61 Å². The van der Waals surface area contributed by atoms with Gasteiger partial charge in [0.2, 0.25) is 0 Å². The van der Waals surface area contributed by atoms with E-state index in [4.69, 9.17) is 4.74 Å². The van der Waals surface area contributed by atoms with Crippen molar-refractivity contribution in [3.05, 3.63) is 39.7 Å². The topological polar surface area (TPSA) is 52.4 Å². The molecule has 0 aromatic heterocycles. The molecule has 0 heterocycles. The van der Waals surface area contributed by atoms with E-state index in [0.717, 1.165) is 18.2 Å². The van der Waals surface area contributed by atoms with Gasteiger partial charge < -0.3 is 4.74 Å². The van der Waals surface area contributed by atoms with Gasteiger partial charge in [-0.25, -0.2) is 4.39 Å².